The molecule has 152 valence electrons. The lowest BCUT2D eigenvalue weighted by Gasteiger charge is -2.41. The van der Waals surface area contributed by atoms with Crippen LogP contribution in [-0.4, -0.2) is 41.3 Å². The Morgan fingerprint density at radius 3 is 2.55 bits per heavy atom. The fourth-order valence-electron chi connectivity index (χ4n) is 4.30. The molecule has 7 heteroatoms. The molecule has 0 bridgehead atoms. The van der Waals surface area contributed by atoms with Gasteiger partial charge in [0.25, 0.3) is 0 Å². The van der Waals surface area contributed by atoms with Crippen LogP contribution in [0, 0.1) is 11.7 Å². The van der Waals surface area contributed by atoms with Gasteiger partial charge < -0.3 is 20.6 Å². The smallest absolute Gasteiger partial charge is 0.404 e. The first-order chi connectivity index (χ1) is 14.0. The quantitative estimate of drug-likeness (QED) is 0.738. The third-order valence-corrected chi connectivity index (χ3v) is 5.84. The van der Waals surface area contributed by atoms with Gasteiger partial charge in [-0.15, -0.1) is 0 Å². The largest absolute Gasteiger partial charge is 0.465 e. The van der Waals surface area contributed by atoms with Crippen molar-refractivity contribution in [1.82, 2.24) is 15.5 Å². The summed E-state index contributed by atoms with van der Waals surface area (Å²) < 4.78 is 13.4. The molecule has 3 N–H and O–H groups in total. The Morgan fingerprint density at radius 1 is 1.10 bits per heavy atom. The molecule has 1 heterocycles. The monoisotopic (exact) mass is 397 g/mol. The van der Waals surface area contributed by atoms with E-state index >= 15 is 0 Å². The number of carbonyl (C=O) groups is 2. The van der Waals surface area contributed by atoms with E-state index in [0.717, 1.165) is 30.4 Å². The van der Waals surface area contributed by atoms with Gasteiger partial charge in [-0.1, -0.05) is 36.4 Å². The van der Waals surface area contributed by atoms with Gasteiger partial charge in [0, 0.05) is 19.1 Å². The summed E-state index contributed by atoms with van der Waals surface area (Å²) in [6.45, 7) is 0.999. The number of carbonyl (C=O) groups excluding carboxylic acids is 1. The van der Waals surface area contributed by atoms with Crippen LogP contribution >= 0.6 is 0 Å². The zero-order valence-electron chi connectivity index (χ0n) is 16.0. The van der Waals surface area contributed by atoms with E-state index < -0.39 is 6.09 Å². The molecule has 2 aliphatic rings. The fourth-order valence-corrected chi connectivity index (χ4v) is 4.30. The van der Waals surface area contributed by atoms with Crippen LogP contribution in [0.2, 0.25) is 0 Å². The summed E-state index contributed by atoms with van der Waals surface area (Å²) >= 11 is 0. The van der Waals surface area contributed by atoms with Crippen LogP contribution in [0.4, 0.5) is 14.0 Å². The maximum Gasteiger partial charge on any atom is 0.404 e. The first-order valence-corrected chi connectivity index (χ1v) is 9.88. The van der Waals surface area contributed by atoms with Crippen LogP contribution in [0.1, 0.15) is 35.6 Å². The molecule has 1 saturated carbocycles. The molecule has 0 aromatic heterocycles. The highest BCUT2D eigenvalue weighted by Gasteiger charge is 2.35. The van der Waals surface area contributed by atoms with Gasteiger partial charge in [-0.05, 0) is 54.0 Å². The molecule has 0 radical (unpaired) electrons. The van der Waals surface area contributed by atoms with Crippen molar-refractivity contribution in [2.75, 3.05) is 13.1 Å². The van der Waals surface area contributed by atoms with Gasteiger partial charge in [0.2, 0.25) is 0 Å². The molecular weight excluding hydrogens is 373 g/mol. The maximum absolute atomic E-state index is 13.4. The van der Waals surface area contributed by atoms with Gasteiger partial charge >= 0.3 is 12.1 Å². The molecule has 1 fully saturated rings. The summed E-state index contributed by atoms with van der Waals surface area (Å²) in [5.41, 5.74) is 3.15. The molecule has 0 spiro atoms. The number of fused-ring (bicyclic) bond motifs is 1. The Kier molecular flexibility index (Phi) is 5.38. The predicted octanol–water partition coefficient (Wildman–Crippen LogP) is 3.53. The Bertz CT molecular complexity index is 896. The van der Waals surface area contributed by atoms with E-state index in [1.54, 1.807) is 12.1 Å². The highest BCUT2D eigenvalue weighted by atomic mass is 19.1. The lowest BCUT2D eigenvalue weighted by atomic mass is 9.80. The van der Waals surface area contributed by atoms with E-state index in [9.17, 15) is 14.0 Å². The average molecular weight is 397 g/mol. The number of nitrogens with one attached hydrogen (secondary N) is 2. The van der Waals surface area contributed by atoms with Crippen molar-refractivity contribution in [2.45, 2.75) is 31.3 Å². The Morgan fingerprint density at radius 2 is 1.83 bits per heavy atom. The van der Waals surface area contributed by atoms with Crippen LogP contribution in [-0.2, 0) is 6.42 Å². The van der Waals surface area contributed by atoms with E-state index in [4.69, 9.17) is 5.11 Å². The van der Waals surface area contributed by atoms with Crippen molar-refractivity contribution < 1.29 is 19.1 Å². The Hall–Kier alpha value is -3.09. The van der Waals surface area contributed by atoms with E-state index in [2.05, 4.69) is 16.7 Å². The molecule has 1 atom stereocenters. The van der Waals surface area contributed by atoms with E-state index in [0.29, 0.717) is 13.1 Å². The normalized spacial score (nSPS) is 22.9. The second kappa shape index (κ2) is 8.11. The summed E-state index contributed by atoms with van der Waals surface area (Å²) in [6, 6.07) is 14.0. The molecule has 4 rings (SSSR count). The van der Waals surface area contributed by atoms with Crippen molar-refractivity contribution in [1.29, 1.82) is 0 Å². The highest BCUT2D eigenvalue weighted by Crippen LogP contribution is 2.36. The third-order valence-electron chi connectivity index (χ3n) is 5.84. The zero-order valence-corrected chi connectivity index (χ0v) is 16.0. The molecule has 2 aromatic carbocycles. The van der Waals surface area contributed by atoms with Gasteiger partial charge in [0.1, 0.15) is 5.82 Å². The minimum atomic E-state index is -1.02. The van der Waals surface area contributed by atoms with Crippen LogP contribution < -0.4 is 10.6 Å². The third kappa shape index (κ3) is 4.18. The first kappa shape index (κ1) is 19.2. The summed E-state index contributed by atoms with van der Waals surface area (Å²) in [4.78, 5) is 25.5. The Balaban J connectivity index is 1.48. The number of amides is 3. The van der Waals surface area contributed by atoms with Crippen LogP contribution in [0.25, 0.3) is 0 Å². The van der Waals surface area contributed by atoms with Crippen molar-refractivity contribution in [2.24, 2.45) is 5.92 Å². The van der Waals surface area contributed by atoms with Crippen LogP contribution in [0.5, 0.6) is 0 Å². The van der Waals surface area contributed by atoms with Gasteiger partial charge in [0.05, 0.1) is 6.04 Å². The van der Waals surface area contributed by atoms with Crippen LogP contribution in [0.3, 0.4) is 0 Å². The molecule has 6 nitrogen and oxygen atoms in total. The standard InChI is InChI=1S/C22H24FN3O3/c23-17-7-5-16(6-8-17)20-19-4-2-1-3-15(19)9-10-26(20)21(27)25-18-11-14(12-18)13-24-22(28)29/h1-8,14,18,20,24H,9-13H2,(H,25,27)(H,28,29)/t14?,18?,20-/m0/s1. The second-order valence-corrected chi connectivity index (χ2v) is 7.77. The van der Waals surface area contributed by atoms with E-state index in [1.165, 1.54) is 17.7 Å². The number of hydrogen-bond acceptors (Lipinski definition) is 2. The number of rotatable bonds is 4. The fraction of sp³-hybridized carbons (Fsp3) is 0.364. The molecule has 0 saturated heterocycles. The van der Waals surface area contributed by atoms with Crippen molar-refractivity contribution >= 4 is 12.1 Å². The summed E-state index contributed by atoms with van der Waals surface area (Å²) in [7, 11) is 0. The number of hydrogen-bond donors (Lipinski definition) is 3. The lowest BCUT2D eigenvalue weighted by molar-refractivity contribution is 0.153. The number of benzene rings is 2. The number of urea groups is 1. The van der Waals surface area contributed by atoms with E-state index in [1.807, 2.05) is 23.1 Å². The highest BCUT2D eigenvalue weighted by molar-refractivity contribution is 5.76. The molecule has 0 unspecified atom stereocenters. The molecule has 3 amide bonds. The van der Waals surface area contributed by atoms with Crippen molar-refractivity contribution in [3.63, 3.8) is 0 Å². The predicted molar refractivity (Wildman–Crippen MR) is 106 cm³/mol. The minimum Gasteiger partial charge on any atom is -0.465 e. The molecule has 2 aromatic rings. The average Bonchev–Trinajstić information content (AvgIpc) is 2.69. The molecule has 29 heavy (non-hydrogen) atoms. The van der Waals surface area contributed by atoms with Crippen LogP contribution in [0.15, 0.2) is 48.5 Å². The number of nitrogens with zero attached hydrogens (tertiary/aromatic N) is 1. The molecule has 1 aliphatic heterocycles. The zero-order chi connectivity index (χ0) is 20.4. The number of carboxylic acid groups (broad SMARTS) is 1. The maximum atomic E-state index is 13.4. The number of halogens is 1. The Labute approximate surface area is 168 Å². The topological polar surface area (TPSA) is 81.7 Å². The summed E-state index contributed by atoms with van der Waals surface area (Å²) in [5.74, 6) is -0.0456. The molecular formula is C22H24FN3O3. The first-order valence-electron chi connectivity index (χ1n) is 9.88. The van der Waals surface area contributed by atoms with E-state index in [-0.39, 0.29) is 29.8 Å². The summed E-state index contributed by atoms with van der Waals surface area (Å²) in [6.07, 6.45) is 1.28. The van der Waals surface area contributed by atoms with Gasteiger partial charge in [-0.25, -0.2) is 14.0 Å². The van der Waals surface area contributed by atoms with Crippen molar-refractivity contribution in [3.8, 4) is 0 Å². The SMILES string of the molecule is O=C(O)NCC1CC(NC(=O)N2CCc3ccccc3[C@@H]2c2ccc(F)cc2)C1. The summed E-state index contributed by atoms with van der Waals surface area (Å²) in [5, 5.41) is 14.2. The second-order valence-electron chi connectivity index (χ2n) is 7.77. The van der Waals surface area contributed by atoms with Gasteiger partial charge in [-0.3, -0.25) is 0 Å². The van der Waals surface area contributed by atoms with Gasteiger partial charge in [-0.2, -0.15) is 0 Å². The van der Waals surface area contributed by atoms with Gasteiger partial charge in [0.15, 0.2) is 0 Å². The minimum absolute atomic E-state index is 0.0501. The lowest BCUT2D eigenvalue weighted by Crippen LogP contribution is -2.53. The molecule has 1 aliphatic carbocycles. The van der Waals surface area contributed by atoms with Crippen molar-refractivity contribution in [3.05, 3.63) is 71.0 Å².